The fraction of sp³-hybridized carbons (Fsp3) is 0.235. The normalized spacial score (nSPS) is 12.8. The van der Waals surface area contributed by atoms with Crippen molar-refractivity contribution < 1.29 is 17.4 Å². The minimum absolute atomic E-state index is 0.0532. The Kier molecular flexibility index (Phi) is 5.11. The summed E-state index contributed by atoms with van der Waals surface area (Å²) in [6, 6.07) is 15.5. The second-order valence-electron chi connectivity index (χ2n) is 5.15. The predicted octanol–water partition coefficient (Wildman–Crippen LogP) is 2.90. The molecule has 0 aliphatic carbocycles. The lowest BCUT2D eigenvalue weighted by Gasteiger charge is -2.15. The van der Waals surface area contributed by atoms with Crippen LogP contribution in [0.5, 0.6) is 0 Å². The third-order valence-electron chi connectivity index (χ3n) is 3.27. The molecule has 0 saturated heterocycles. The van der Waals surface area contributed by atoms with E-state index in [1.165, 1.54) is 19.1 Å². The van der Waals surface area contributed by atoms with Crippen molar-refractivity contribution in [1.29, 1.82) is 0 Å². The van der Waals surface area contributed by atoms with Crippen LogP contribution in [-0.4, -0.2) is 20.3 Å². The van der Waals surface area contributed by atoms with Crippen molar-refractivity contribution in [2.24, 2.45) is 0 Å². The van der Waals surface area contributed by atoms with E-state index in [4.69, 9.17) is 4.18 Å². The zero-order chi connectivity index (χ0) is 16.2. The van der Waals surface area contributed by atoms with Gasteiger partial charge in [-0.15, -0.1) is 0 Å². The fourth-order valence-corrected chi connectivity index (χ4v) is 3.08. The van der Waals surface area contributed by atoms with Crippen molar-refractivity contribution in [3.63, 3.8) is 0 Å². The Morgan fingerprint density at radius 1 is 1.05 bits per heavy atom. The molecule has 0 bridgehead atoms. The quantitative estimate of drug-likeness (QED) is 0.768. The average molecular weight is 318 g/mol. The van der Waals surface area contributed by atoms with Crippen LogP contribution in [-0.2, 0) is 25.5 Å². The number of carbonyl (C=O) groups is 1. The highest BCUT2D eigenvalue weighted by Gasteiger charge is 2.25. The molecule has 22 heavy (non-hydrogen) atoms. The minimum atomic E-state index is -3.96. The fourth-order valence-electron chi connectivity index (χ4n) is 1.99. The lowest BCUT2D eigenvalue weighted by molar-refractivity contribution is -0.123. The topological polar surface area (TPSA) is 60.4 Å². The van der Waals surface area contributed by atoms with Crippen LogP contribution < -0.4 is 0 Å². The van der Waals surface area contributed by atoms with E-state index in [2.05, 4.69) is 0 Å². The van der Waals surface area contributed by atoms with E-state index >= 15 is 0 Å². The van der Waals surface area contributed by atoms with E-state index in [9.17, 15) is 13.2 Å². The molecule has 2 rings (SSSR count). The average Bonchev–Trinajstić information content (AvgIpc) is 2.48. The van der Waals surface area contributed by atoms with E-state index in [0.29, 0.717) is 0 Å². The van der Waals surface area contributed by atoms with E-state index in [1.54, 1.807) is 12.1 Å². The smallest absolute Gasteiger partial charge is 0.297 e. The number of Topliss-reactive ketones (excluding diaryl/α,β-unsaturated/α-hetero) is 1. The molecule has 0 aromatic heterocycles. The Bertz CT molecular complexity index is 734. The maximum atomic E-state index is 12.3. The number of rotatable bonds is 6. The maximum absolute atomic E-state index is 12.3. The third-order valence-corrected chi connectivity index (χ3v) is 4.61. The van der Waals surface area contributed by atoms with Crippen molar-refractivity contribution in [3.05, 3.63) is 65.7 Å². The van der Waals surface area contributed by atoms with Gasteiger partial charge < -0.3 is 0 Å². The zero-order valence-electron chi connectivity index (χ0n) is 12.5. The van der Waals surface area contributed by atoms with Gasteiger partial charge in [0.1, 0.15) is 6.10 Å². The van der Waals surface area contributed by atoms with Crippen LogP contribution in [0.1, 0.15) is 18.1 Å². The van der Waals surface area contributed by atoms with Crippen LogP contribution in [0.25, 0.3) is 0 Å². The molecular weight excluding hydrogens is 300 g/mol. The SMILES string of the molecule is CC(=O)C(Cc1ccccc1)OS(=O)(=O)c1ccc(C)cc1. The van der Waals surface area contributed by atoms with E-state index in [-0.39, 0.29) is 17.1 Å². The van der Waals surface area contributed by atoms with Crippen molar-refractivity contribution in [2.75, 3.05) is 0 Å². The molecule has 0 fully saturated rings. The number of carbonyl (C=O) groups excluding carboxylic acids is 1. The summed E-state index contributed by atoms with van der Waals surface area (Å²) in [7, 11) is -3.96. The van der Waals surface area contributed by atoms with Crippen molar-refractivity contribution in [3.8, 4) is 0 Å². The molecule has 0 N–H and O–H groups in total. The summed E-state index contributed by atoms with van der Waals surface area (Å²) < 4.78 is 29.7. The minimum Gasteiger partial charge on any atom is -0.297 e. The van der Waals surface area contributed by atoms with Gasteiger partial charge >= 0.3 is 0 Å². The van der Waals surface area contributed by atoms with Gasteiger partial charge in [0.25, 0.3) is 10.1 Å². The molecule has 1 atom stereocenters. The summed E-state index contributed by atoms with van der Waals surface area (Å²) in [5.74, 6) is -0.320. The van der Waals surface area contributed by atoms with Gasteiger partial charge in [-0.3, -0.25) is 8.98 Å². The number of hydrogen-bond acceptors (Lipinski definition) is 4. The first-order valence-corrected chi connectivity index (χ1v) is 8.33. The highest BCUT2D eigenvalue weighted by molar-refractivity contribution is 7.86. The lowest BCUT2D eigenvalue weighted by atomic mass is 10.1. The molecule has 116 valence electrons. The van der Waals surface area contributed by atoms with Crippen LogP contribution in [0.15, 0.2) is 59.5 Å². The van der Waals surface area contributed by atoms with Gasteiger partial charge in [0, 0.05) is 6.42 Å². The molecule has 0 aliphatic heterocycles. The summed E-state index contributed by atoms with van der Waals surface area (Å²) in [6.45, 7) is 3.20. The first-order valence-electron chi connectivity index (χ1n) is 6.93. The highest BCUT2D eigenvalue weighted by Crippen LogP contribution is 2.17. The molecule has 2 aromatic carbocycles. The van der Waals surface area contributed by atoms with Crippen LogP contribution in [0.3, 0.4) is 0 Å². The van der Waals surface area contributed by atoms with Crippen LogP contribution in [0.4, 0.5) is 0 Å². The van der Waals surface area contributed by atoms with Crippen molar-refractivity contribution in [2.45, 2.75) is 31.3 Å². The Balaban J connectivity index is 2.20. The Labute approximate surface area is 130 Å². The van der Waals surface area contributed by atoms with Gasteiger partial charge in [-0.2, -0.15) is 8.42 Å². The zero-order valence-corrected chi connectivity index (χ0v) is 13.3. The predicted molar refractivity (Wildman–Crippen MR) is 84.1 cm³/mol. The number of ketones is 1. The van der Waals surface area contributed by atoms with Gasteiger partial charge in [-0.05, 0) is 31.5 Å². The van der Waals surface area contributed by atoms with Gasteiger partial charge in [0.05, 0.1) is 4.90 Å². The molecule has 0 amide bonds. The Hall–Kier alpha value is -1.98. The molecule has 0 heterocycles. The summed E-state index contributed by atoms with van der Waals surface area (Å²) in [4.78, 5) is 11.8. The van der Waals surface area contributed by atoms with Crippen LogP contribution in [0.2, 0.25) is 0 Å². The van der Waals surface area contributed by atoms with E-state index < -0.39 is 16.2 Å². The van der Waals surface area contributed by atoms with Gasteiger partial charge in [-0.25, -0.2) is 0 Å². The lowest BCUT2D eigenvalue weighted by Crippen LogP contribution is -2.27. The highest BCUT2D eigenvalue weighted by atomic mass is 32.2. The van der Waals surface area contributed by atoms with E-state index in [1.807, 2.05) is 37.3 Å². The third kappa shape index (κ3) is 4.26. The molecule has 0 saturated carbocycles. The molecule has 1 unspecified atom stereocenters. The molecule has 0 spiro atoms. The van der Waals surface area contributed by atoms with Gasteiger partial charge in [0.2, 0.25) is 0 Å². The Morgan fingerprint density at radius 2 is 1.64 bits per heavy atom. The number of hydrogen-bond donors (Lipinski definition) is 0. The van der Waals surface area contributed by atoms with Crippen molar-refractivity contribution in [1.82, 2.24) is 0 Å². The molecule has 0 aliphatic rings. The summed E-state index contributed by atoms with van der Waals surface area (Å²) in [6.07, 6.45) is -0.796. The first-order chi connectivity index (χ1) is 10.4. The molecule has 2 aromatic rings. The molecule has 5 heteroatoms. The first kappa shape index (κ1) is 16.4. The molecular formula is C17H18O4S. The second kappa shape index (κ2) is 6.85. The number of aryl methyl sites for hydroxylation is 1. The largest absolute Gasteiger partial charge is 0.297 e. The van der Waals surface area contributed by atoms with Gasteiger partial charge in [0.15, 0.2) is 5.78 Å². The summed E-state index contributed by atoms with van der Waals surface area (Å²) >= 11 is 0. The Morgan fingerprint density at radius 3 is 2.18 bits per heavy atom. The van der Waals surface area contributed by atoms with Crippen molar-refractivity contribution >= 4 is 15.9 Å². The standard InChI is InChI=1S/C17H18O4S/c1-13-8-10-16(11-9-13)22(19,20)21-17(14(2)18)12-15-6-4-3-5-7-15/h3-11,17H,12H2,1-2H3. The van der Waals surface area contributed by atoms with E-state index in [0.717, 1.165) is 11.1 Å². The maximum Gasteiger partial charge on any atom is 0.297 e. The monoisotopic (exact) mass is 318 g/mol. The molecule has 4 nitrogen and oxygen atoms in total. The van der Waals surface area contributed by atoms with Crippen LogP contribution >= 0.6 is 0 Å². The molecule has 0 radical (unpaired) electrons. The van der Waals surface area contributed by atoms with Crippen LogP contribution in [0, 0.1) is 6.92 Å². The summed E-state index contributed by atoms with van der Waals surface area (Å²) in [5, 5.41) is 0. The second-order valence-corrected chi connectivity index (χ2v) is 6.72. The van der Waals surface area contributed by atoms with Gasteiger partial charge in [-0.1, -0.05) is 48.0 Å². The number of benzene rings is 2. The summed E-state index contributed by atoms with van der Waals surface area (Å²) in [5.41, 5.74) is 1.80.